The van der Waals surface area contributed by atoms with Gasteiger partial charge in [-0.1, -0.05) is 17.7 Å². The molecule has 5 heteroatoms. The topological polar surface area (TPSA) is 33.5 Å². The van der Waals surface area contributed by atoms with Crippen molar-refractivity contribution in [2.24, 2.45) is 0 Å². The lowest BCUT2D eigenvalue weighted by Crippen LogP contribution is -3.13. The van der Waals surface area contributed by atoms with Gasteiger partial charge in [0.05, 0.1) is 26.2 Å². The van der Waals surface area contributed by atoms with Crippen molar-refractivity contribution in [1.82, 2.24) is 5.32 Å². The van der Waals surface area contributed by atoms with E-state index in [0.29, 0.717) is 10.6 Å². The molecular formula is C14H20Cl2N2O. The van der Waals surface area contributed by atoms with E-state index < -0.39 is 0 Å². The Balaban J connectivity index is 0.00000180. The monoisotopic (exact) mass is 302 g/mol. The molecule has 3 nitrogen and oxygen atoms in total. The molecule has 0 aromatic heterocycles. The standard InChI is InChI=1S/C14H19ClN2O.ClH/c15-13-6-4-5-12(11-13)14(18)16-7-10-17-8-2-1-3-9-17;/h4-6,11H,1-3,7-10H2,(H,16,18);1H. The molecule has 0 spiro atoms. The number of carbonyl (C=O) groups excluding carboxylic acids is 1. The Bertz CT molecular complexity index is 406. The highest BCUT2D eigenvalue weighted by Crippen LogP contribution is 2.10. The molecule has 1 aliphatic heterocycles. The second-order valence-electron chi connectivity index (χ2n) is 4.83. The predicted molar refractivity (Wildman–Crippen MR) is 73.2 cm³/mol. The van der Waals surface area contributed by atoms with Crippen LogP contribution in [0.25, 0.3) is 0 Å². The zero-order valence-corrected chi connectivity index (χ0v) is 12.4. The first-order valence-electron chi connectivity index (χ1n) is 6.63. The normalized spacial score (nSPS) is 15.6. The van der Waals surface area contributed by atoms with Crippen molar-refractivity contribution >= 4 is 17.5 Å². The van der Waals surface area contributed by atoms with Crippen LogP contribution >= 0.6 is 11.6 Å². The van der Waals surface area contributed by atoms with Gasteiger partial charge in [0.25, 0.3) is 5.91 Å². The zero-order chi connectivity index (χ0) is 12.8. The van der Waals surface area contributed by atoms with Gasteiger partial charge in [0, 0.05) is 10.6 Å². The molecule has 0 atom stereocenters. The Morgan fingerprint density at radius 1 is 1.26 bits per heavy atom. The maximum absolute atomic E-state index is 11.9. The number of amides is 1. The van der Waals surface area contributed by atoms with Crippen LogP contribution in [0.4, 0.5) is 0 Å². The van der Waals surface area contributed by atoms with Crippen molar-refractivity contribution in [3.05, 3.63) is 34.9 Å². The lowest BCUT2D eigenvalue weighted by Gasteiger charge is -2.23. The number of rotatable bonds is 4. The molecular weight excluding hydrogens is 283 g/mol. The minimum absolute atomic E-state index is 0. The number of hydrogen-bond donors (Lipinski definition) is 2. The van der Waals surface area contributed by atoms with E-state index in [4.69, 9.17) is 11.6 Å². The number of quaternary nitrogens is 1. The average molecular weight is 303 g/mol. The van der Waals surface area contributed by atoms with Crippen LogP contribution in [0.2, 0.25) is 5.02 Å². The predicted octanol–water partition coefficient (Wildman–Crippen LogP) is -1.86. The van der Waals surface area contributed by atoms with Crippen LogP contribution in [0.5, 0.6) is 0 Å². The van der Waals surface area contributed by atoms with Crippen molar-refractivity contribution in [2.75, 3.05) is 26.2 Å². The van der Waals surface area contributed by atoms with Crippen LogP contribution < -0.4 is 22.6 Å². The van der Waals surface area contributed by atoms with Crippen molar-refractivity contribution in [1.29, 1.82) is 0 Å². The van der Waals surface area contributed by atoms with E-state index in [9.17, 15) is 4.79 Å². The zero-order valence-electron chi connectivity index (χ0n) is 10.9. The van der Waals surface area contributed by atoms with Crippen LogP contribution in [0.1, 0.15) is 29.6 Å². The molecule has 2 rings (SSSR count). The molecule has 1 aliphatic rings. The highest BCUT2D eigenvalue weighted by atomic mass is 35.5. The van der Waals surface area contributed by atoms with E-state index in [1.165, 1.54) is 32.4 Å². The molecule has 0 bridgehead atoms. The van der Waals surface area contributed by atoms with Gasteiger partial charge in [-0.15, -0.1) is 0 Å². The minimum atomic E-state index is -0.0334. The molecule has 19 heavy (non-hydrogen) atoms. The maximum atomic E-state index is 11.9. The summed E-state index contributed by atoms with van der Waals surface area (Å²) in [6, 6.07) is 7.06. The van der Waals surface area contributed by atoms with Crippen molar-refractivity contribution in [3.8, 4) is 0 Å². The molecule has 106 valence electrons. The van der Waals surface area contributed by atoms with Gasteiger partial charge in [-0.3, -0.25) is 4.79 Å². The summed E-state index contributed by atoms with van der Waals surface area (Å²) in [7, 11) is 0. The summed E-state index contributed by atoms with van der Waals surface area (Å²) < 4.78 is 0. The Labute approximate surface area is 125 Å². The number of carbonyl (C=O) groups is 1. The third-order valence-corrected chi connectivity index (χ3v) is 3.65. The summed E-state index contributed by atoms with van der Waals surface area (Å²) in [5, 5.41) is 3.56. The van der Waals surface area contributed by atoms with Crippen molar-refractivity contribution in [2.45, 2.75) is 19.3 Å². The summed E-state index contributed by atoms with van der Waals surface area (Å²) in [5.41, 5.74) is 0.635. The molecule has 1 heterocycles. The molecule has 1 fully saturated rings. The van der Waals surface area contributed by atoms with Crippen molar-refractivity contribution < 1.29 is 22.1 Å². The first-order valence-corrected chi connectivity index (χ1v) is 7.01. The van der Waals surface area contributed by atoms with E-state index in [-0.39, 0.29) is 18.3 Å². The largest absolute Gasteiger partial charge is 1.00 e. The van der Waals surface area contributed by atoms with Gasteiger partial charge in [-0.05, 0) is 37.5 Å². The summed E-state index contributed by atoms with van der Waals surface area (Å²) in [5.74, 6) is -0.0334. The molecule has 0 radical (unpaired) electrons. The van der Waals surface area contributed by atoms with Crippen molar-refractivity contribution in [3.63, 3.8) is 0 Å². The van der Waals surface area contributed by atoms with Gasteiger partial charge in [-0.25, -0.2) is 0 Å². The number of halogens is 2. The number of likely N-dealkylation sites (tertiary alicyclic amines) is 1. The Morgan fingerprint density at radius 2 is 2.00 bits per heavy atom. The summed E-state index contributed by atoms with van der Waals surface area (Å²) in [4.78, 5) is 13.5. The van der Waals surface area contributed by atoms with Crippen LogP contribution in [-0.2, 0) is 0 Å². The molecule has 1 saturated heterocycles. The second-order valence-corrected chi connectivity index (χ2v) is 5.26. The summed E-state index contributed by atoms with van der Waals surface area (Å²) in [6.07, 6.45) is 3.99. The van der Waals surface area contributed by atoms with Crippen LogP contribution in [0.15, 0.2) is 24.3 Å². The van der Waals surface area contributed by atoms with Crippen LogP contribution in [0.3, 0.4) is 0 Å². The maximum Gasteiger partial charge on any atom is 0.251 e. The average Bonchev–Trinajstić information content (AvgIpc) is 2.40. The molecule has 1 aromatic carbocycles. The lowest BCUT2D eigenvalue weighted by atomic mass is 10.1. The minimum Gasteiger partial charge on any atom is -1.00 e. The van der Waals surface area contributed by atoms with Gasteiger partial charge >= 0.3 is 0 Å². The summed E-state index contributed by atoms with van der Waals surface area (Å²) >= 11 is 5.86. The Kier molecular flexibility index (Phi) is 7.21. The molecule has 2 N–H and O–H groups in total. The second kappa shape index (κ2) is 8.41. The molecule has 0 saturated carbocycles. The van der Waals surface area contributed by atoms with E-state index in [2.05, 4.69) is 5.32 Å². The fraction of sp³-hybridized carbons (Fsp3) is 0.500. The highest BCUT2D eigenvalue weighted by molar-refractivity contribution is 6.30. The van der Waals surface area contributed by atoms with E-state index in [0.717, 1.165) is 13.1 Å². The lowest BCUT2D eigenvalue weighted by molar-refractivity contribution is -0.903. The van der Waals surface area contributed by atoms with Gasteiger partial charge < -0.3 is 22.6 Å². The molecule has 1 amide bonds. The quantitative estimate of drug-likeness (QED) is 0.672. The van der Waals surface area contributed by atoms with Crippen LogP contribution in [0, 0.1) is 0 Å². The fourth-order valence-electron chi connectivity index (χ4n) is 2.39. The van der Waals surface area contributed by atoms with Gasteiger partial charge in [0.2, 0.25) is 0 Å². The SMILES string of the molecule is O=C(NCC[NH+]1CCCCC1)c1cccc(Cl)c1.[Cl-]. The first-order chi connectivity index (χ1) is 8.75. The van der Waals surface area contributed by atoms with Gasteiger partial charge in [0.1, 0.15) is 0 Å². The molecule has 1 aromatic rings. The number of piperidine rings is 1. The Morgan fingerprint density at radius 3 is 2.68 bits per heavy atom. The fourth-order valence-corrected chi connectivity index (χ4v) is 2.58. The third-order valence-electron chi connectivity index (χ3n) is 3.41. The van der Waals surface area contributed by atoms with Gasteiger partial charge in [-0.2, -0.15) is 0 Å². The van der Waals surface area contributed by atoms with E-state index in [1.54, 1.807) is 29.2 Å². The van der Waals surface area contributed by atoms with Crippen LogP contribution in [-0.4, -0.2) is 32.1 Å². The smallest absolute Gasteiger partial charge is 0.251 e. The third kappa shape index (κ3) is 5.39. The number of nitrogens with one attached hydrogen (secondary N) is 2. The molecule has 0 unspecified atom stereocenters. The highest BCUT2D eigenvalue weighted by Gasteiger charge is 2.13. The number of hydrogen-bond acceptors (Lipinski definition) is 1. The van der Waals surface area contributed by atoms with E-state index in [1.807, 2.05) is 0 Å². The first kappa shape index (κ1) is 16.3. The number of benzene rings is 1. The van der Waals surface area contributed by atoms with E-state index >= 15 is 0 Å². The molecule has 0 aliphatic carbocycles. The summed E-state index contributed by atoms with van der Waals surface area (Å²) in [6.45, 7) is 4.24. The van der Waals surface area contributed by atoms with Gasteiger partial charge in [0.15, 0.2) is 0 Å². The Hall–Kier alpha value is -0.770.